The Morgan fingerprint density at radius 3 is 2.81 bits per heavy atom. The van der Waals surface area contributed by atoms with E-state index in [0.29, 0.717) is 18.7 Å². The van der Waals surface area contributed by atoms with Gasteiger partial charge in [0, 0.05) is 30.1 Å². The van der Waals surface area contributed by atoms with Crippen LogP contribution in [0.5, 0.6) is 5.75 Å². The van der Waals surface area contributed by atoms with Gasteiger partial charge in [-0.25, -0.2) is 9.97 Å². The third-order valence-corrected chi connectivity index (χ3v) is 5.14. The van der Waals surface area contributed by atoms with Crippen molar-refractivity contribution in [3.8, 4) is 5.75 Å². The van der Waals surface area contributed by atoms with Crippen LogP contribution in [0.2, 0.25) is 0 Å². The summed E-state index contributed by atoms with van der Waals surface area (Å²) in [5.41, 5.74) is 8.25. The zero-order valence-corrected chi connectivity index (χ0v) is 14.5. The molecule has 136 valence electrons. The highest BCUT2D eigenvalue weighted by Crippen LogP contribution is 2.36. The zero-order valence-electron chi connectivity index (χ0n) is 14.5. The Kier molecular flexibility index (Phi) is 4.36. The number of rotatable bonds is 4. The average Bonchev–Trinajstić information content (AvgIpc) is 3.20. The van der Waals surface area contributed by atoms with Gasteiger partial charge in [0.05, 0.1) is 11.7 Å². The summed E-state index contributed by atoms with van der Waals surface area (Å²) in [4.78, 5) is 8.54. The molecule has 7 heteroatoms. The van der Waals surface area contributed by atoms with Crippen LogP contribution in [0.25, 0.3) is 11.0 Å². The summed E-state index contributed by atoms with van der Waals surface area (Å²) in [5, 5.41) is 22.1. The fourth-order valence-electron chi connectivity index (χ4n) is 3.68. The maximum absolute atomic E-state index is 10.6. The molecule has 0 bridgehead atoms. The first-order valence-electron chi connectivity index (χ1n) is 8.69. The number of benzene rings is 1. The molecule has 2 heterocycles. The van der Waals surface area contributed by atoms with Gasteiger partial charge in [0.1, 0.15) is 36.0 Å². The number of aromatic nitrogens is 3. The molecule has 4 atom stereocenters. The quantitative estimate of drug-likeness (QED) is 0.652. The molecule has 3 aromatic rings. The number of aryl methyl sites for hydroxylation is 1. The molecule has 0 spiro atoms. The van der Waals surface area contributed by atoms with Gasteiger partial charge in [0.2, 0.25) is 0 Å². The number of hydrogen-bond donors (Lipinski definition) is 3. The fourth-order valence-corrected chi connectivity index (χ4v) is 3.68. The summed E-state index contributed by atoms with van der Waals surface area (Å²) in [6.45, 7) is 2.27. The van der Waals surface area contributed by atoms with Gasteiger partial charge in [-0.1, -0.05) is 18.2 Å². The Bertz CT molecular complexity index is 926. The van der Waals surface area contributed by atoms with Gasteiger partial charge in [-0.15, -0.1) is 0 Å². The molecule has 4 N–H and O–H groups in total. The lowest BCUT2D eigenvalue weighted by molar-refractivity contribution is -0.0165. The molecule has 26 heavy (non-hydrogen) atoms. The molecule has 1 fully saturated rings. The number of para-hydroxylation sites is 1. The van der Waals surface area contributed by atoms with Crippen molar-refractivity contribution in [2.24, 2.45) is 5.73 Å². The van der Waals surface area contributed by atoms with Gasteiger partial charge < -0.3 is 25.3 Å². The van der Waals surface area contributed by atoms with E-state index < -0.39 is 18.3 Å². The number of aliphatic hydroxyl groups is 2. The minimum atomic E-state index is -0.994. The molecule has 4 rings (SSSR count). The largest absolute Gasteiger partial charge is 0.487 e. The van der Waals surface area contributed by atoms with Gasteiger partial charge in [-0.2, -0.15) is 0 Å². The highest BCUT2D eigenvalue weighted by atomic mass is 16.5. The SMILES string of the molecule is Cc1ncnc2c1ccn2[C@H]1C[C@@H](Oc2ccccc2CN)C(O)C1O. The number of nitrogens with two attached hydrogens (primary N) is 1. The van der Waals surface area contributed by atoms with Crippen molar-refractivity contribution in [3.05, 3.63) is 54.1 Å². The van der Waals surface area contributed by atoms with Crippen molar-refractivity contribution in [2.45, 2.75) is 44.2 Å². The highest BCUT2D eigenvalue weighted by molar-refractivity contribution is 5.78. The van der Waals surface area contributed by atoms with Crippen molar-refractivity contribution in [1.82, 2.24) is 14.5 Å². The van der Waals surface area contributed by atoms with Crippen LogP contribution in [0.1, 0.15) is 23.7 Å². The molecule has 1 aromatic carbocycles. The number of ether oxygens (including phenoxy) is 1. The standard InChI is InChI=1S/C19H22N4O3/c1-11-13-6-7-23(19(13)22-10-21-11)14-8-16(18(25)17(14)24)26-15-5-3-2-4-12(15)9-20/h2-7,10,14,16-18,24-25H,8-9,20H2,1H3/t14-,16+,17?,18?/m0/s1. The Hall–Kier alpha value is -2.48. The van der Waals surface area contributed by atoms with Crippen LogP contribution in [-0.4, -0.2) is 43.1 Å². The maximum Gasteiger partial charge on any atom is 0.143 e. The molecular formula is C19H22N4O3. The van der Waals surface area contributed by atoms with Crippen LogP contribution >= 0.6 is 0 Å². The first kappa shape index (κ1) is 17.0. The molecule has 2 unspecified atom stereocenters. The minimum Gasteiger partial charge on any atom is -0.487 e. The van der Waals surface area contributed by atoms with Gasteiger partial charge in [0.15, 0.2) is 0 Å². The van der Waals surface area contributed by atoms with Crippen molar-refractivity contribution in [3.63, 3.8) is 0 Å². The molecule has 1 saturated carbocycles. The third kappa shape index (κ3) is 2.74. The van der Waals surface area contributed by atoms with E-state index in [2.05, 4.69) is 9.97 Å². The molecule has 0 radical (unpaired) electrons. The lowest BCUT2D eigenvalue weighted by Gasteiger charge is -2.20. The summed E-state index contributed by atoms with van der Waals surface area (Å²) < 4.78 is 7.91. The molecule has 0 aliphatic heterocycles. The van der Waals surface area contributed by atoms with E-state index in [4.69, 9.17) is 10.5 Å². The van der Waals surface area contributed by atoms with E-state index in [-0.39, 0.29) is 6.04 Å². The Balaban J connectivity index is 1.62. The van der Waals surface area contributed by atoms with E-state index in [0.717, 1.165) is 22.3 Å². The van der Waals surface area contributed by atoms with Crippen LogP contribution in [-0.2, 0) is 6.54 Å². The first-order chi connectivity index (χ1) is 12.6. The maximum atomic E-state index is 10.6. The smallest absolute Gasteiger partial charge is 0.143 e. The number of nitrogens with zero attached hydrogens (tertiary/aromatic N) is 3. The van der Waals surface area contributed by atoms with Crippen LogP contribution in [0.3, 0.4) is 0 Å². The van der Waals surface area contributed by atoms with Gasteiger partial charge in [-0.3, -0.25) is 0 Å². The van der Waals surface area contributed by atoms with Crippen molar-refractivity contribution < 1.29 is 14.9 Å². The molecule has 1 aliphatic rings. The van der Waals surface area contributed by atoms with E-state index in [9.17, 15) is 10.2 Å². The molecular weight excluding hydrogens is 332 g/mol. The number of fused-ring (bicyclic) bond motifs is 1. The molecule has 0 saturated heterocycles. The van der Waals surface area contributed by atoms with Crippen molar-refractivity contribution in [2.75, 3.05) is 0 Å². The van der Waals surface area contributed by atoms with E-state index >= 15 is 0 Å². The zero-order chi connectivity index (χ0) is 18.3. The third-order valence-electron chi connectivity index (χ3n) is 5.14. The second kappa shape index (κ2) is 6.68. The van der Waals surface area contributed by atoms with Crippen LogP contribution in [0.4, 0.5) is 0 Å². The predicted octanol–water partition coefficient (Wildman–Crippen LogP) is 1.31. The van der Waals surface area contributed by atoms with Gasteiger partial charge >= 0.3 is 0 Å². The Labute approximate surface area is 151 Å². The van der Waals surface area contributed by atoms with Crippen molar-refractivity contribution in [1.29, 1.82) is 0 Å². The molecule has 2 aromatic heterocycles. The molecule has 0 amide bonds. The predicted molar refractivity (Wildman–Crippen MR) is 96.7 cm³/mol. The van der Waals surface area contributed by atoms with Crippen LogP contribution in [0.15, 0.2) is 42.9 Å². The number of aliphatic hydroxyl groups excluding tert-OH is 2. The first-order valence-corrected chi connectivity index (χ1v) is 8.69. The van der Waals surface area contributed by atoms with Crippen LogP contribution < -0.4 is 10.5 Å². The van der Waals surface area contributed by atoms with Crippen molar-refractivity contribution >= 4 is 11.0 Å². The summed E-state index contributed by atoms with van der Waals surface area (Å²) in [7, 11) is 0. The summed E-state index contributed by atoms with van der Waals surface area (Å²) in [5.74, 6) is 0.641. The molecule has 7 nitrogen and oxygen atoms in total. The second-order valence-electron chi connectivity index (χ2n) is 6.67. The van der Waals surface area contributed by atoms with Gasteiger partial charge in [0.25, 0.3) is 0 Å². The van der Waals surface area contributed by atoms with E-state index in [1.54, 1.807) is 0 Å². The topological polar surface area (TPSA) is 106 Å². The summed E-state index contributed by atoms with van der Waals surface area (Å²) in [6, 6.07) is 9.09. The Morgan fingerprint density at radius 2 is 2.00 bits per heavy atom. The monoisotopic (exact) mass is 354 g/mol. The minimum absolute atomic E-state index is 0.327. The highest BCUT2D eigenvalue weighted by Gasteiger charge is 2.44. The lowest BCUT2D eigenvalue weighted by atomic mass is 10.2. The Morgan fingerprint density at radius 1 is 1.19 bits per heavy atom. The van der Waals surface area contributed by atoms with Gasteiger partial charge in [-0.05, 0) is 19.1 Å². The van der Waals surface area contributed by atoms with Crippen LogP contribution in [0, 0.1) is 6.92 Å². The summed E-state index contributed by atoms with van der Waals surface area (Å²) in [6.07, 6.45) is 1.39. The average molecular weight is 354 g/mol. The second-order valence-corrected chi connectivity index (χ2v) is 6.67. The van der Waals surface area contributed by atoms with E-state index in [1.807, 2.05) is 48.0 Å². The normalized spacial score (nSPS) is 25.7. The van der Waals surface area contributed by atoms with E-state index in [1.165, 1.54) is 6.33 Å². The number of hydrogen-bond acceptors (Lipinski definition) is 6. The fraction of sp³-hybridized carbons (Fsp3) is 0.368. The lowest BCUT2D eigenvalue weighted by Crippen LogP contribution is -2.34. The molecule has 1 aliphatic carbocycles. The summed E-state index contributed by atoms with van der Waals surface area (Å²) >= 11 is 0.